The second kappa shape index (κ2) is 7.85. The highest BCUT2D eigenvalue weighted by molar-refractivity contribution is 5.48. The Morgan fingerprint density at radius 2 is 1.71 bits per heavy atom. The lowest BCUT2D eigenvalue weighted by atomic mass is 10.0. The van der Waals surface area contributed by atoms with Crippen LogP contribution in [0, 0.1) is 0 Å². The predicted molar refractivity (Wildman–Crippen MR) is 66.8 cm³/mol. The van der Waals surface area contributed by atoms with E-state index in [-0.39, 0.29) is 5.75 Å². The zero-order valence-corrected chi connectivity index (χ0v) is 10.0. The number of rotatable bonds is 8. The van der Waals surface area contributed by atoms with Gasteiger partial charge in [-0.25, -0.2) is 0 Å². The number of carbonyl (C=O) groups excluding carboxylic acids is 1. The van der Waals surface area contributed by atoms with E-state index in [0.717, 1.165) is 44.0 Å². The molecule has 1 aromatic rings. The smallest absolute Gasteiger partial charge is 0.119 e. The van der Waals surface area contributed by atoms with E-state index in [2.05, 4.69) is 0 Å². The number of aliphatic hydroxyl groups is 1. The van der Waals surface area contributed by atoms with Crippen LogP contribution in [0.2, 0.25) is 0 Å². The fraction of sp³-hybridized carbons (Fsp3) is 0.500. The van der Waals surface area contributed by atoms with Crippen molar-refractivity contribution in [2.75, 3.05) is 0 Å². The van der Waals surface area contributed by atoms with Crippen LogP contribution in [-0.2, 0) is 4.79 Å². The first-order chi connectivity index (χ1) is 8.24. The molecular formula is C14H20O3. The average molecular weight is 236 g/mol. The number of hydrogen-bond donors (Lipinski definition) is 2. The third kappa shape index (κ3) is 5.50. The van der Waals surface area contributed by atoms with Crippen molar-refractivity contribution >= 4 is 6.29 Å². The minimum atomic E-state index is -0.457. The fourth-order valence-electron chi connectivity index (χ4n) is 1.78. The second-order valence-corrected chi connectivity index (χ2v) is 4.27. The van der Waals surface area contributed by atoms with Gasteiger partial charge in [-0.1, -0.05) is 31.4 Å². The van der Waals surface area contributed by atoms with Gasteiger partial charge < -0.3 is 15.0 Å². The predicted octanol–water partition coefficient (Wildman–Crippen LogP) is 2.97. The maximum absolute atomic E-state index is 10.1. The molecule has 0 spiro atoms. The van der Waals surface area contributed by atoms with Gasteiger partial charge in [0.25, 0.3) is 0 Å². The van der Waals surface area contributed by atoms with Gasteiger partial charge in [-0.3, -0.25) is 0 Å². The molecule has 0 heterocycles. The fourth-order valence-corrected chi connectivity index (χ4v) is 1.78. The molecule has 0 aliphatic rings. The molecule has 1 aromatic carbocycles. The standard InChI is InChI=1S/C14H20O3/c15-11-5-3-1-2-4-6-14(17)12-7-9-13(16)10-8-12/h7-11,14,16-17H,1-6H2. The minimum Gasteiger partial charge on any atom is -0.508 e. The lowest BCUT2D eigenvalue weighted by Crippen LogP contribution is -1.96. The van der Waals surface area contributed by atoms with Crippen molar-refractivity contribution in [2.24, 2.45) is 0 Å². The third-order valence-corrected chi connectivity index (χ3v) is 2.83. The van der Waals surface area contributed by atoms with E-state index in [0.29, 0.717) is 6.42 Å². The summed E-state index contributed by atoms with van der Waals surface area (Å²) in [5.74, 6) is 0.217. The van der Waals surface area contributed by atoms with Crippen molar-refractivity contribution < 1.29 is 15.0 Å². The van der Waals surface area contributed by atoms with Crippen LogP contribution in [0.3, 0.4) is 0 Å². The van der Waals surface area contributed by atoms with Crippen LogP contribution < -0.4 is 0 Å². The molecule has 0 fully saturated rings. The van der Waals surface area contributed by atoms with Crippen molar-refractivity contribution in [3.8, 4) is 5.75 Å². The molecule has 3 nitrogen and oxygen atoms in total. The quantitative estimate of drug-likeness (QED) is 0.539. The summed E-state index contributed by atoms with van der Waals surface area (Å²) in [6.07, 6.45) is 5.85. The molecule has 3 heteroatoms. The number of aldehydes is 1. The monoisotopic (exact) mass is 236 g/mol. The van der Waals surface area contributed by atoms with Gasteiger partial charge in [0, 0.05) is 6.42 Å². The van der Waals surface area contributed by atoms with Crippen molar-refractivity contribution in [1.29, 1.82) is 0 Å². The summed E-state index contributed by atoms with van der Waals surface area (Å²) >= 11 is 0. The molecule has 1 atom stereocenters. The molecular weight excluding hydrogens is 216 g/mol. The molecule has 0 amide bonds. The first-order valence-electron chi connectivity index (χ1n) is 6.14. The van der Waals surface area contributed by atoms with E-state index in [4.69, 9.17) is 5.11 Å². The molecule has 0 saturated carbocycles. The SMILES string of the molecule is O=CCCCCCCC(O)c1ccc(O)cc1. The summed E-state index contributed by atoms with van der Waals surface area (Å²) in [4.78, 5) is 10.1. The van der Waals surface area contributed by atoms with Gasteiger partial charge in [0.2, 0.25) is 0 Å². The molecule has 0 aliphatic carbocycles. The van der Waals surface area contributed by atoms with Crippen molar-refractivity contribution in [2.45, 2.75) is 44.6 Å². The molecule has 0 radical (unpaired) electrons. The number of hydrogen-bond acceptors (Lipinski definition) is 3. The highest BCUT2D eigenvalue weighted by Crippen LogP contribution is 2.21. The van der Waals surface area contributed by atoms with Gasteiger partial charge in [0.05, 0.1) is 6.10 Å². The Morgan fingerprint density at radius 3 is 2.35 bits per heavy atom. The Hall–Kier alpha value is -1.35. The van der Waals surface area contributed by atoms with Crippen LogP contribution in [0.15, 0.2) is 24.3 Å². The Balaban J connectivity index is 2.18. The van der Waals surface area contributed by atoms with Crippen LogP contribution in [0.4, 0.5) is 0 Å². The van der Waals surface area contributed by atoms with Gasteiger partial charge in [-0.05, 0) is 30.5 Å². The van der Waals surface area contributed by atoms with E-state index in [1.807, 2.05) is 0 Å². The molecule has 0 aliphatic heterocycles. The van der Waals surface area contributed by atoms with Gasteiger partial charge in [-0.15, -0.1) is 0 Å². The maximum atomic E-state index is 10.1. The normalized spacial score (nSPS) is 12.3. The number of carbonyl (C=O) groups is 1. The number of phenols is 1. The first-order valence-corrected chi connectivity index (χ1v) is 6.14. The van der Waals surface area contributed by atoms with E-state index < -0.39 is 6.10 Å². The molecule has 2 N–H and O–H groups in total. The summed E-state index contributed by atoms with van der Waals surface area (Å²) in [5, 5.41) is 19.0. The zero-order valence-electron chi connectivity index (χ0n) is 10.0. The Kier molecular flexibility index (Phi) is 6.33. The van der Waals surface area contributed by atoms with Crippen molar-refractivity contribution in [3.05, 3.63) is 29.8 Å². The lowest BCUT2D eigenvalue weighted by Gasteiger charge is -2.10. The van der Waals surface area contributed by atoms with Crippen molar-refractivity contribution in [3.63, 3.8) is 0 Å². The number of aromatic hydroxyl groups is 1. The third-order valence-electron chi connectivity index (χ3n) is 2.83. The highest BCUT2D eigenvalue weighted by Gasteiger charge is 2.06. The molecule has 1 rings (SSSR count). The minimum absolute atomic E-state index is 0.217. The van der Waals surface area contributed by atoms with Crippen LogP contribution in [0.5, 0.6) is 5.75 Å². The van der Waals surface area contributed by atoms with Crippen LogP contribution in [0.25, 0.3) is 0 Å². The Morgan fingerprint density at radius 1 is 1.06 bits per heavy atom. The Bertz CT molecular complexity index is 319. The van der Waals surface area contributed by atoms with Gasteiger partial charge in [-0.2, -0.15) is 0 Å². The van der Waals surface area contributed by atoms with Crippen LogP contribution in [-0.4, -0.2) is 16.5 Å². The number of unbranched alkanes of at least 4 members (excludes halogenated alkanes) is 4. The summed E-state index contributed by atoms with van der Waals surface area (Å²) in [6, 6.07) is 6.66. The summed E-state index contributed by atoms with van der Waals surface area (Å²) < 4.78 is 0. The number of phenolic OH excluding ortho intramolecular Hbond substituents is 1. The molecule has 0 saturated heterocycles. The Labute approximate surface area is 102 Å². The summed E-state index contributed by atoms with van der Waals surface area (Å²) in [7, 11) is 0. The summed E-state index contributed by atoms with van der Waals surface area (Å²) in [5.41, 5.74) is 0.843. The van der Waals surface area contributed by atoms with E-state index in [1.165, 1.54) is 0 Å². The van der Waals surface area contributed by atoms with Crippen LogP contribution in [0.1, 0.15) is 50.2 Å². The topological polar surface area (TPSA) is 57.5 Å². The summed E-state index contributed by atoms with van der Waals surface area (Å²) in [6.45, 7) is 0. The average Bonchev–Trinajstić information content (AvgIpc) is 2.34. The van der Waals surface area contributed by atoms with Crippen molar-refractivity contribution in [1.82, 2.24) is 0 Å². The molecule has 0 bridgehead atoms. The lowest BCUT2D eigenvalue weighted by molar-refractivity contribution is -0.107. The number of benzene rings is 1. The van der Waals surface area contributed by atoms with Gasteiger partial charge in [0.15, 0.2) is 0 Å². The molecule has 94 valence electrons. The van der Waals surface area contributed by atoms with E-state index in [1.54, 1.807) is 24.3 Å². The zero-order chi connectivity index (χ0) is 12.5. The van der Waals surface area contributed by atoms with Gasteiger partial charge in [0.1, 0.15) is 12.0 Å². The van der Waals surface area contributed by atoms with E-state index >= 15 is 0 Å². The molecule has 0 aromatic heterocycles. The van der Waals surface area contributed by atoms with Crippen LogP contribution >= 0.6 is 0 Å². The van der Waals surface area contributed by atoms with Gasteiger partial charge >= 0.3 is 0 Å². The maximum Gasteiger partial charge on any atom is 0.119 e. The molecule has 1 unspecified atom stereocenters. The van der Waals surface area contributed by atoms with E-state index in [9.17, 15) is 9.90 Å². The number of aliphatic hydroxyl groups excluding tert-OH is 1. The molecule has 17 heavy (non-hydrogen) atoms. The first kappa shape index (κ1) is 13.7. The largest absolute Gasteiger partial charge is 0.508 e. The highest BCUT2D eigenvalue weighted by atomic mass is 16.3. The second-order valence-electron chi connectivity index (χ2n) is 4.27.